The highest BCUT2D eigenvalue weighted by molar-refractivity contribution is 7.89. The van der Waals surface area contributed by atoms with Crippen molar-refractivity contribution in [3.63, 3.8) is 0 Å². The van der Waals surface area contributed by atoms with Gasteiger partial charge in [-0.2, -0.15) is 5.10 Å². The van der Waals surface area contributed by atoms with E-state index >= 15 is 0 Å². The Hall–Kier alpha value is -1.73. The predicted molar refractivity (Wildman–Crippen MR) is 54.2 cm³/mol. The second kappa shape index (κ2) is 5.23. The summed E-state index contributed by atoms with van der Waals surface area (Å²) < 4.78 is 21.1. The molecule has 0 amide bonds. The Kier molecular flexibility index (Phi) is 3.95. The first-order chi connectivity index (χ1) is 7.11. The predicted octanol–water partition coefficient (Wildman–Crippen LogP) is 0.139. The van der Waals surface area contributed by atoms with Crippen LogP contribution in [0.3, 0.4) is 0 Å². The number of nitrogens with one attached hydrogen (secondary N) is 1. The minimum Gasteiger partial charge on any atom is -0.286 e. The Bertz CT molecular complexity index is 449. The summed E-state index contributed by atoms with van der Waals surface area (Å²) in [4.78, 5) is 3.54. The SMILES string of the molecule is NS(=O)(=O)c1ccccn1.c1cn[nH]c1. The lowest BCUT2D eigenvalue weighted by atomic mass is 10.5. The summed E-state index contributed by atoms with van der Waals surface area (Å²) in [5.74, 6) is 0. The number of primary sulfonamides is 1. The summed E-state index contributed by atoms with van der Waals surface area (Å²) in [6, 6.07) is 6.36. The molecule has 0 aromatic carbocycles. The van der Waals surface area contributed by atoms with Crippen LogP contribution >= 0.6 is 0 Å². The molecule has 0 atom stereocenters. The summed E-state index contributed by atoms with van der Waals surface area (Å²) in [6.45, 7) is 0. The van der Waals surface area contributed by atoms with Crippen LogP contribution in [-0.4, -0.2) is 23.6 Å². The molecule has 0 radical (unpaired) electrons. The lowest BCUT2D eigenvalue weighted by Gasteiger charge is -1.92. The molecule has 0 aliphatic carbocycles. The van der Waals surface area contributed by atoms with Gasteiger partial charge in [0, 0.05) is 18.6 Å². The monoisotopic (exact) mass is 226 g/mol. The Morgan fingerprint density at radius 1 is 1.20 bits per heavy atom. The average molecular weight is 226 g/mol. The molecule has 80 valence electrons. The molecule has 0 bridgehead atoms. The molecule has 0 aliphatic heterocycles. The smallest absolute Gasteiger partial charge is 0.255 e. The van der Waals surface area contributed by atoms with Gasteiger partial charge in [-0.15, -0.1) is 0 Å². The Labute approximate surface area is 87.2 Å². The zero-order valence-electron chi connectivity index (χ0n) is 7.74. The van der Waals surface area contributed by atoms with E-state index in [9.17, 15) is 8.42 Å². The van der Waals surface area contributed by atoms with Gasteiger partial charge >= 0.3 is 0 Å². The quantitative estimate of drug-likeness (QED) is 0.721. The van der Waals surface area contributed by atoms with Gasteiger partial charge in [0.1, 0.15) is 0 Å². The third-order valence-corrected chi connectivity index (χ3v) is 2.16. The highest BCUT2D eigenvalue weighted by Gasteiger charge is 2.05. The standard InChI is InChI=1S/C5H6N2O2S.C3H4N2/c6-10(8,9)5-3-1-2-4-7-5;1-2-4-5-3-1/h1-4H,(H2,6,8,9);1-3H,(H,4,5). The highest BCUT2D eigenvalue weighted by Crippen LogP contribution is 1.98. The van der Waals surface area contributed by atoms with E-state index in [4.69, 9.17) is 5.14 Å². The van der Waals surface area contributed by atoms with E-state index in [1.54, 1.807) is 24.5 Å². The van der Waals surface area contributed by atoms with Crippen LogP contribution in [0, 0.1) is 0 Å². The zero-order valence-corrected chi connectivity index (χ0v) is 8.55. The maximum absolute atomic E-state index is 10.5. The van der Waals surface area contributed by atoms with Crippen molar-refractivity contribution in [1.29, 1.82) is 0 Å². The van der Waals surface area contributed by atoms with Crippen molar-refractivity contribution in [3.8, 4) is 0 Å². The van der Waals surface area contributed by atoms with Crippen LogP contribution in [0.1, 0.15) is 0 Å². The number of hydrogen-bond donors (Lipinski definition) is 2. The van der Waals surface area contributed by atoms with Gasteiger partial charge in [0.15, 0.2) is 5.03 Å². The second-order valence-electron chi connectivity index (χ2n) is 2.48. The third kappa shape index (κ3) is 4.34. The summed E-state index contributed by atoms with van der Waals surface area (Å²) in [6.07, 6.45) is 4.83. The van der Waals surface area contributed by atoms with E-state index in [0.29, 0.717) is 0 Å². The Balaban J connectivity index is 0.000000187. The summed E-state index contributed by atoms with van der Waals surface area (Å²) >= 11 is 0. The fourth-order valence-corrected chi connectivity index (χ4v) is 1.21. The number of nitrogens with zero attached hydrogens (tertiary/aromatic N) is 2. The van der Waals surface area contributed by atoms with Crippen molar-refractivity contribution >= 4 is 10.0 Å². The van der Waals surface area contributed by atoms with Crippen molar-refractivity contribution in [2.24, 2.45) is 5.14 Å². The lowest BCUT2D eigenvalue weighted by Crippen LogP contribution is -2.13. The minimum atomic E-state index is -3.61. The number of H-pyrrole nitrogens is 1. The molecule has 3 N–H and O–H groups in total. The molecule has 2 aromatic heterocycles. The maximum Gasteiger partial charge on any atom is 0.255 e. The number of hydrogen-bond acceptors (Lipinski definition) is 4. The highest BCUT2D eigenvalue weighted by atomic mass is 32.2. The molecule has 2 aromatic rings. The molecule has 0 aliphatic rings. The molecule has 0 fully saturated rings. The normalized spacial score (nSPS) is 10.2. The first-order valence-electron chi connectivity index (χ1n) is 3.98. The van der Waals surface area contributed by atoms with Crippen molar-refractivity contribution in [2.45, 2.75) is 5.03 Å². The van der Waals surface area contributed by atoms with Crippen LogP contribution < -0.4 is 5.14 Å². The summed E-state index contributed by atoms with van der Waals surface area (Å²) in [7, 11) is -3.61. The number of pyridine rings is 1. The molecule has 0 unspecified atom stereocenters. The number of rotatable bonds is 1. The van der Waals surface area contributed by atoms with Gasteiger partial charge < -0.3 is 0 Å². The number of aromatic amines is 1. The van der Waals surface area contributed by atoms with Crippen molar-refractivity contribution < 1.29 is 8.42 Å². The van der Waals surface area contributed by atoms with Gasteiger partial charge in [-0.3, -0.25) is 5.10 Å². The zero-order chi connectivity index (χ0) is 11.1. The average Bonchev–Trinajstić information content (AvgIpc) is 2.76. The van der Waals surface area contributed by atoms with E-state index in [2.05, 4.69) is 15.2 Å². The molecule has 2 heterocycles. The van der Waals surface area contributed by atoms with E-state index < -0.39 is 10.0 Å². The van der Waals surface area contributed by atoms with Crippen molar-refractivity contribution in [1.82, 2.24) is 15.2 Å². The van der Waals surface area contributed by atoms with Crippen LogP contribution in [0.2, 0.25) is 0 Å². The van der Waals surface area contributed by atoms with Gasteiger partial charge in [0.05, 0.1) is 0 Å². The van der Waals surface area contributed by atoms with Gasteiger partial charge in [-0.05, 0) is 18.2 Å². The van der Waals surface area contributed by atoms with E-state index in [1.165, 1.54) is 12.3 Å². The Morgan fingerprint density at radius 3 is 2.27 bits per heavy atom. The molecule has 2 rings (SSSR count). The first kappa shape index (κ1) is 11.3. The topological polar surface area (TPSA) is 102 Å². The van der Waals surface area contributed by atoms with Crippen molar-refractivity contribution in [2.75, 3.05) is 0 Å². The van der Waals surface area contributed by atoms with Crippen LogP contribution in [0.4, 0.5) is 0 Å². The van der Waals surface area contributed by atoms with Crippen LogP contribution in [0.25, 0.3) is 0 Å². The van der Waals surface area contributed by atoms with E-state index in [-0.39, 0.29) is 5.03 Å². The van der Waals surface area contributed by atoms with E-state index in [1.807, 2.05) is 6.07 Å². The molecular weight excluding hydrogens is 216 g/mol. The molecule has 15 heavy (non-hydrogen) atoms. The maximum atomic E-state index is 10.5. The summed E-state index contributed by atoms with van der Waals surface area (Å²) in [5.41, 5.74) is 0. The molecule has 0 spiro atoms. The van der Waals surface area contributed by atoms with Gasteiger partial charge in [0.25, 0.3) is 10.0 Å². The molecule has 6 nitrogen and oxygen atoms in total. The fraction of sp³-hybridized carbons (Fsp3) is 0. The number of nitrogens with two attached hydrogens (primary N) is 1. The lowest BCUT2D eigenvalue weighted by molar-refractivity contribution is 0.594. The van der Waals surface area contributed by atoms with Crippen LogP contribution in [-0.2, 0) is 10.0 Å². The number of sulfonamides is 1. The van der Waals surface area contributed by atoms with Crippen molar-refractivity contribution in [3.05, 3.63) is 42.9 Å². The minimum absolute atomic E-state index is 0.102. The van der Waals surface area contributed by atoms with Crippen LogP contribution in [0.15, 0.2) is 47.9 Å². The fourth-order valence-electron chi connectivity index (χ4n) is 0.731. The second-order valence-corrected chi connectivity index (χ2v) is 3.99. The Morgan fingerprint density at radius 2 is 2.00 bits per heavy atom. The van der Waals surface area contributed by atoms with Crippen LogP contribution in [0.5, 0.6) is 0 Å². The summed E-state index contributed by atoms with van der Waals surface area (Å²) in [5, 5.41) is 10.9. The first-order valence-corrected chi connectivity index (χ1v) is 5.53. The third-order valence-electron chi connectivity index (χ3n) is 1.34. The largest absolute Gasteiger partial charge is 0.286 e. The number of aromatic nitrogens is 3. The van der Waals surface area contributed by atoms with E-state index in [0.717, 1.165) is 0 Å². The van der Waals surface area contributed by atoms with Gasteiger partial charge in [-0.25, -0.2) is 18.5 Å². The molecule has 7 heteroatoms. The molecular formula is C8H10N4O2S. The molecule has 0 saturated heterocycles. The van der Waals surface area contributed by atoms with Gasteiger partial charge in [0.2, 0.25) is 0 Å². The molecule has 0 saturated carbocycles. The van der Waals surface area contributed by atoms with Gasteiger partial charge in [-0.1, -0.05) is 6.07 Å².